The molecule has 2 rings (SSSR count). The number of carbonyl (C=O) groups excluding carboxylic acids is 1. The van der Waals surface area contributed by atoms with Crippen LogP contribution in [0.5, 0.6) is 5.75 Å². The third kappa shape index (κ3) is 3.94. The van der Waals surface area contributed by atoms with E-state index in [1.807, 2.05) is 18.7 Å². The molecule has 1 aromatic rings. The lowest BCUT2D eigenvalue weighted by atomic mass is 9.92. The number of carbonyl (C=O) groups is 1. The molecule has 1 heterocycles. The average Bonchev–Trinajstić information content (AvgIpc) is 2.53. The molecule has 0 spiro atoms. The Labute approximate surface area is 129 Å². The Kier molecular flexibility index (Phi) is 4.97. The van der Waals surface area contributed by atoms with Gasteiger partial charge in [-0.3, -0.25) is 14.9 Å². The van der Waals surface area contributed by atoms with Crippen LogP contribution < -0.4 is 10.1 Å². The van der Waals surface area contributed by atoms with E-state index in [1.54, 1.807) is 12.1 Å². The SMILES string of the molecule is CC(C)(COc1ccc([N+](=O)[O-])cc1)C(=O)N1CCNCC1. The first-order valence-electron chi connectivity index (χ1n) is 7.27. The van der Waals surface area contributed by atoms with E-state index >= 15 is 0 Å². The minimum absolute atomic E-state index is 0.0171. The lowest BCUT2D eigenvalue weighted by Crippen LogP contribution is -2.51. The smallest absolute Gasteiger partial charge is 0.269 e. The van der Waals surface area contributed by atoms with Gasteiger partial charge in [0.25, 0.3) is 5.69 Å². The van der Waals surface area contributed by atoms with Crippen molar-refractivity contribution in [3.8, 4) is 5.75 Å². The Bertz CT molecular complexity index is 536. The molecule has 0 radical (unpaired) electrons. The van der Waals surface area contributed by atoms with Crippen molar-refractivity contribution in [3.63, 3.8) is 0 Å². The molecule has 0 unspecified atom stereocenters. The Morgan fingerprint density at radius 3 is 2.45 bits per heavy atom. The summed E-state index contributed by atoms with van der Waals surface area (Å²) in [5.41, 5.74) is -0.623. The first-order chi connectivity index (χ1) is 10.4. The van der Waals surface area contributed by atoms with Crippen LogP contribution >= 0.6 is 0 Å². The van der Waals surface area contributed by atoms with Gasteiger partial charge in [0.1, 0.15) is 12.4 Å². The molecule has 7 nitrogen and oxygen atoms in total. The number of hydrogen-bond acceptors (Lipinski definition) is 5. The van der Waals surface area contributed by atoms with Crippen LogP contribution in [0.4, 0.5) is 5.69 Å². The van der Waals surface area contributed by atoms with Gasteiger partial charge in [-0.05, 0) is 26.0 Å². The summed E-state index contributed by atoms with van der Waals surface area (Å²) >= 11 is 0. The van der Waals surface area contributed by atoms with E-state index in [1.165, 1.54) is 12.1 Å². The third-order valence-corrected chi connectivity index (χ3v) is 3.63. The van der Waals surface area contributed by atoms with E-state index in [9.17, 15) is 14.9 Å². The fourth-order valence-electron chi connectivity index (χ4n) is 2.29. The Morgan fingerprint density at radius 1 is 1.32 bits per heavy atom. The van der Waals surface area contributed by atoms with Gasteiger partial charge in [0.05, 0.1) is 10.3 Å². The average molecular weight is 307 g/mol. The summed E-state index contributed by atoms with van der Waals surface area (Å²) in [7, 11) is 0. The maximum atomic E-state index is 12.5. The molecule has 0 aliphatic carbocycles. The highest BCUT2D eigenvalue weighted by atomic mass is 16.6. The molecule has 1 N–H and O–H groups in total. The molecule has 1 aromatic carbocycles. The summed E-state index contributed by atoms with van der Waals surface area (Å²) < 4.78 is 5.63. The summed E-state index contributed by atoms with van der Waals surface area (Å²) in [4.78, 5) is 24.5. The number of nitrogens with one attached hydrogen (secondary N) is 1. The molecule has 1 aliphatic rings. The maximum absolute atomic E-state index is 12.5. The van der Waals surface area contributed by atoms with E-state index in [0.29, 0.717) is 18.8 Å². The molecule has 0 bridgehead atoms. The molecule has 1 aliphatic heterocycles. The number of nitro groups is 1. The van der Waals surface area contributed by atoms with Gasteiger partial charge in [-0.1, -0.05) is 0 Å². The van der Waals surface area contributed by atoms with E-state index in [0.717, 1.165) is 13.1 Å². The highest BCUT2D eigenvalue weighted by Gasteiger charge is 2.33. The maximum Gasteiger partial charge on any atom is 0.269 e. The summed E-state index contributed by atoms with van der Waals surface area (Å²) in [6.45, 7) is 6.97. The molecule has 1 fully saturated rings. The molecule has 1 amide bonds. The van der Waals surface area contributed by atoms with Crippen LogP contribution in [0.15, 0.2) is 24.3 Å². The number of ether oxygens (including phenoxy) is 1. The predicted molar refractivity (Wildman–Crippen MR) is 81.8 cm³/mol. The quantitative estimate of drug-likeness (QED) is 0.657. The van der Waals surface area contributed by atoms with Gasteiger partial charge >= 0.3 is 0 Å². The van der Waals surface area contributed by atoms with Crippen LogP contribution in [0.25, 0.3) is 0 Å². The van der Waals surface area contributed by atoms with Crippen molar-refractivity contribution in [3.05, 3.63) is 34.4 Å². The lowest BCUT2D eigenvalue weighted by Gasteiger charge is -2.34. The number of piperazine rings is 1. The molecule has 0 atom stereocenters. The minimum Gasteiger partial charge on any atom is -0.492 e. The van der Waals surface area contributed by atoms with Crippen molar-refractivity contribution in [2.24, 2.45) is 5.41 Å². The summed E-state index contributed by atoms with van der Waals surface area (Å²) in [5.74, 6) is 0.586. The minimum atomic E-state index is -0.640. The van der Waals surface area contributed by atoms with Gasteiger partial charge in [0, 0.05) is 38.3 Å². The molecule has 1 saturated heterocycles. The van der Waals surface area contributed by atoms with Crippen molar-refractivity contribution >= 4 is 11.6 Å². The monoisotopic (exact) mass is 307 g/mol. The van der Waals surface area contributed by atoms with Gasteiger partial charge in [-0.25, -0.2) is 0 Å². The first kappa shape index (κ1) is 16.2. The van der Waals surface area contributed by atoms with Crippen LogP contribution in [0.2, 0.25) is 0 Å². The molecule has 120 valence electrons. The molecule has 7 heteroatoms. The largest absolute Gasteiger partial charge is 0.492 e. The van der Waals surface area contributed by atoms with Crippen LogP contribution in [0, 0.1) is 15.5 Å². The Hall–Kier alpha value is -2.15. The third-order valence-electron chi connectivity index (χ3n) is 3.63. The van der Waals surface area contributed by atoms with Crippen molar-refractivity contribution in [2.45, 2.75) is 13.8 Å². The zero-order valence-corrected chi connectivity index (χ0v) is 12.9. The van der Waals surface area contributed by atoms with E-state index in [-0.39, 0.29) is 18.2 Å². The zero-order chi connectivity index (χ0) is 16.2. The van der Waals surface area contributed by atoms with Gasteiger partial charge in [0.15, 0.2) is 0 Å². The molecular weight excluding hydrogens is 286 g/mol. The van der Waals surface area contributed by atoms with Crippen molar-refractivity contribution in [1.29, 1.82) is 0 Å². The molecule has 0 aromatic heterocycles. The van der Waals surface area contributed by atoms with E-state index in [4.69, 9.17) is 4.74 Å². The van der Waals surface area contributed by atoms with Crippen molar-refractivity contribution < 1.29 is 14.5 Å². The molecule has 22 heavy (non-hydrogen) atoms. The highest BCUT2D eigenvalue weighted by Crippen LogP contribution is 2.23. The van der Waals surface area contributed by atoms with Gasteiger partial charge in [-0.2, -0.15) is 0 Å². The normalized spacial score (nSPS) is 15.5. The first-order valence-corrected chi connectivity index (χ1v) is 7.27. The predicted octanol–water partition coefficient (Wildman–Crippen LogP) is 1.43. The number of hydrogen-bond donors (Lipinski definition) is 1. The molecular formula is C15H21N3O4. The van der Waals surface area contributed by atoms with Crippen LogP contribution in [0.3, 0.4) is 0 Å². The highest BCUT2D eigenvalue weighted by molar-refractivity contribution is 5.82. The number of benzene rings is 1. The summed E-state index contributed by atoms with van der Waals surface area (Å²) in [5, 5.41) is 13.8. The van der Waals surface area contributed by atoms with E-state index < -0.39 is 10.3 Å². The lowest BCUT2D eigenvalue weighted by molar-refractivity contribution is -0.384. The standard InChI is InChI=1S/C15H21N3O4/c1-15(2,14(19)17-9-7-16-8-10-17)11-22-13-5-3-12(4-6-13)18(20)21/h3-6,16H,7-11H2,1-2H3. The number of non-ortho nitro benzene ring substituents is 1. The number of amides is 1. The van der Waals surface area contributed by atoms with Crippen LogP contribution in [-0.2, 0) is 4.79 Å². The van der Waals surface area contributed by atoms with Gasteiger partial charge in [-0.15, -0.1) is 0 Å². The second kappa shape index (κ2) is 6.74. The van der Waals surface area contributed by atoms with Crippen LogP contribution in [-0.4, -0.2) is 48.5 Å². The van der Waals surface area contributed by atoms with Crippen LogP contribution in [0.1, 0.15) is 13.8 Å². The number of nitro benzene ring substituents is 1. The molecule has 0 saturated carbocycles. The second-order valence-corrected chi connectivity index (χ2v) is 5.97. The Balaban J connectivity index is 1.93. The number of nitrogens with zero attached hydrogens (tertiary/aromatic N) is 2. The fourth-order valence-corrected chi connectivity index (χ4v) is 2.29. The van der Waals surface area contributed by atoms with Gasteiger partial charge < -0.3 is 15.0 Å². The van der Waals surface area contributed by atoms with Crippen molar-refractivity contribution in [1.82, 2.24) is 10.2 Å². The van der Waals surface area contributed by atoms with Crippen molar-refractivity contribution in [2.75, 3.05) is 32.8 Å². The topological polar surface area (TPSA) is 84.7 Å². The Morgan fingerprint density at radius 2 is 1.91 bits per heavy atom. The van der Waals surface area contributed by atoms with Gasteiger partial charge in [0.2, 0.25) is 5.91 Å². The van der Waals surface area contributed by atoms with E-state index in [2.05, 4.69) is 5.32 Å². The summed E-state index contributed by atoms with van der Waals surface area (Å²) in [6.07, 6.45) is 0. The fraction of sp³-hybridized carbons (Fsp3) is 0.533. The number of rotatable bonds is 5. The zero-order valence-electron chi connectivity index (χ0n) is 12.9. The summed E-state index contributed by atoms with van der Waals surface area (Å²) in [6, 6.07) is 5.87. The second-order valence-electron chi connectivity index (χ2n) is 5.97.